The van der Waals surface area contributed by atoms with Crippen LogP contribution in [0.4, 0.5) is 11.4 Å². The Kier molecular flexibility index (Phi) is 9.02. The highest BCUT2D eigenvalue weighted by atomic mass is 15.1. The van der Waals surface area contributed by atoms with Crippen molar-refractivity contribution in [2.24, 2.45) is 0 Å². The molecule has 0 spiro atoms. The second-order valence-corrected chi connectivity index (χ2v) is 18.5. The van der Waals surface area contributed by atoms with E-state index in [0.29, 0.717) is 5.56 Å². The topological polar surface area (TPSA) is 39.9 Å². The Morgan fingerprint density at radius 2 is 0.971 bits per heavy atom. The van der Waals surface area contributed by atoms with Crippen LogP contribution in [0.15, 0.2) is 237 Å². The Bertz CT molecular complexity index is 4310. The molecule has 3 heteroatoms. The molecule has 0 aliphatic carbocycles. The van der Waals surface area contributed by atoms with Crippen LogP contribution in [0.2, 0.25) is 0 Å². The van der Waals surface area contributed by atoms with E-state index in [1.807, 2.05) is 24.5 Å². The monoisotopic (exact) mass is 887 g/mol. The molecule has 0 saturated carbocycles. The lowest BCUT2D eigenvalue weighted by atomic mass is 9.82. The number of para-hydroxylation sites is 1. The summed E-state index contributed by atoms with van der Waals surface area (Å²) in [7, 11) is 0. The van der Waals surface area contributed by atoms with Gasteiger partial charge in [-0.15, -0.1) is 0 Å². The fourth-order valence-electron chi connectivity index (χ4n) is 11.6. The van der Waals surface area contributed by atoms with Crippen molar-refractivity contribution in [3.63, 3.8) is 0 Å². The molecule has 1 aliphatic rings. The summed E-state index contributed by atoms with van der Waals surface area (Å²) in [5.41, 5.74) is 16.0. The fourth-order valence-corrected chi connectivity index (χ4v) is 11.6. The summed E-state index contributed by atoms with van der Waals surface area (Å²) >= 11 is 0. The number of pyridine rings is 1. The molecule has 3 nitrogen and oxygen atoms in total. The largest absolute Gasteiger partial charge is 0.336 e. The van der Waals surface area contributed by atoms with Gasteiger partial charge in [-0.25, -0.2) is 0 Å². The molecule has 0 atom stereocenters. The van der Waals surface area contributed by atoms with Crippen LogP contribution >= 0.6 is 0 Å². The van der Waals surface area contributed by atoms with E-state index in [9.17, 15) is 5.26 Å². The van der Waals surface area contributed by atoms with Crippen LogP contribution in [0.5, 0.6) is 0 Å². The molecule has 70 heavy (non-hydrogen) atoms. The van der Waals surface area contributed by atoms with E-state index < -0.39 is 0 Å². The van der Waals surface area contributed by atoms with Gasteiger partial charge in [-0.3, -0.25) is 4.98 Å². The minimum Gasteiger partial charge on any atom is -0.336 e. The molecular weight excluding hydrogens is 847 g/mol. The second kappa shape index (κ2) is 15.9. The Balaban J connectivity index is 0.987. The van der Waals surface area contributed by atoms with Gasteiger partial charge in [0, 0.05) is 46.6 Å². The van der Waals surface area contributed by atoms with Crippen LogP contribution in [0, 0.1) is 11.3 Å². The molecule has 14 rings (SSSR count). The third kappa shape index (κ3) is 6.17. The number of anilines is 2. The Morgan fingerprint density at radius 3 is 1.63 bits per heavy atom. The summed E-state index contributed by atoms with van der Waals surface area (Å²) in [6.45, 7) is 0.742. The van der Waals surface area contributed by atoms with Crippen LogP contribution in [0.1, 0.15) is 11.1 Å². The highest BCUT2D eigenvalue weighted by Crippen LogP contribution is 2.50. The lowest BCUT2D eigenvalue weighted by Crippen LogP contribution is -2.20. The number of aromatic nitrogens is 1. The van der Waals surface area contributed by atoms with Gasteiger partial charge >= 0.3 is 0 Å². The van der Waals surface area contributed by atoms with Crippen molar-refractivity contribution in [3.8, 4) is 61.7 Å². The van der Waals surface area contributed by atoms with Gasteiger partial charge in [-0.2, -0.15) is 5.26 Å². The van der Waals surface area contributed by atoms with Gasteiger partial charge in [0.05, 0.1) is 11.6 Å². The first-order valence-electron chi connectivity index (χ1n) is 23.9. The molecule has 0 amide bonds. The van der Waals surface area contributed by atoms with Gasteiger partial charge < -0.3 is 4.90 Å². The molecule has 13 aromatic rings. The number of nitriles is 1. The normalized spacial score (nSPS) is 12.2. The molecule has 1 aliphatic heterocycles. The quantitative estimate of drug-likeness (QED) is 0.123. The van der Waals surface area contributed by atoms with E-state index in [0.717, 1.165) is 51.1 Å². The molecular formula is C67H41N3. The summed E-state index contributed by atoms with van der Waals surface area (Å²) in [6.07, 6.45) is 3.80. The van der Waals surface area contributed by atoms with Crippen molar-refractivity contribution in [3.05, 3.63) is 248 Å². The highest BCUT2D eigenvalue weighted by molar-refractivity contribution is 6.26. The first-order chi connectivity index (χ1) is 34.7. The highest BCUT2D eigenvalue weighted by Gasteiger charge is 2.26. The van der Waals surface area contributed by atoms with Gasteiger partial charge in [0.2, 0.25) is 0 Å². The summed E-state index contributed by atoms with van der Waals surface area (Å²) in [4.78, 5) is 6.92. The third-order valence-corrected chi connectivity index (χ3v) is 14.8. The Morgan fingerprint density at radius 1 is 0.386 bits per heavy atom. The van der Waals surface area contributed by atoms with Crippen molar-refractivity contribution >= 4 is 76.0 Å². The predicted molar refractivity (Wildman–Crippen MR) is 293 cm³/mol. The van der Waals surface area contributed by atoms with Gasteiger partial charge in [-0.1, -0.05) is 182 Å². The zero-order valence-electron chi connectivity index (χ0n) is 38.1. The number of hydrogen-bond donors (Lipinski definition) is 0. The molecule has 0 fully saturated rings. The average Bonchev–Trinajstić information content (AvgIpc) is 3.43. The van der Waals surface area contributed by atoms with Gasteiger partial charge in [-0.05, 0) is 152 Å². The third-order valence-electron chi connectivity index (χ3n) is 14.8. The van der Waals surface area contributed by atoms with Crippen molar-refractivity contribution in [1.82, 2.24) is 4.98 Å². The average molecular weight is 888 g/mol. The van der Waals surface area contributed by atoms with Gasteiger partial charge in [0.25, 0.3) is 0 Å². The molecule has 2 heterocycles. The first kappa shape index (κ1) is 39.8. The molecule has 0 unspecified atom stereocenters. The Labute approximate surface area is 405 Å². The Hall–Kier alpha value is -9.36. The number of fused-ring (bicyclic) bond motifs is 4. The van der Waals surface area contributed by atoms with Crippen molar-refractivity contribution in [1.29, 1.82) is 5.26 Å². The maximum absolute atomic E-state index is 10.2. The van der Waals surface area contributed by atoms with E-state index in [1.165, 1.54) is 92.6 Å². The fraction of sp³-hybridized carbons (Fsp3) is 0.0149. The predicted octanol–water partition coefficient (Wildman–Crippen LogP) is 17.9. The number of benzene rings is 12. The summed E-state index contributed by atoms with van der Waals surface area (Å²) in [5, 5.41) is 24.5. The van der Waals surface area contributed by atoms with E-state index in [1.54, 1.807) is 0 Å². The SMILES string of the molecule is N#Cc1ccc2c3c1ccc1c(-c4ccc(-c5ccc6c(-c7cccc8ccccc78)c7cc(-c8cccnc8)ccc7c(-c7cccc8ccccc78)c6c5)cc4)ccc(c13)N(c1ccccc1)C2. The number of rotatable bonds is 6. The lowest BCUT2D eigenvalue weighted by Gasteiger charge is -2.32. The summed E-state index contributed by atoms with van der Waals surface area (Å²) in [5.74, 6) is 0. The molecule has 12 aromatic carbocycles. The summed E-state index contributed by atoms with van der Waals surface area (Å²) < 4.78 is 0. The number of hydrogen-bond acceptors (Lipinski definition) is 3. The molecule has 324 valence electrons. The molecule has 0 bridgehead atoms. The van der Waals surface area contributed by atoms with Crippen LogP contribution in [0.25, 0.3) is 120 Å². The maximum atomic E-state index is 10.2. The van der Waals surface area contributed by atoms with Crippen LogP contribution in [-0.2, 0) is 6.54 Å². The van der Waals surface area contributed by atoms with Gasteiger partial charge in [0.15, 0.2) is 0 Å². The second-order valence-electron chi connectivity index (χ2n) is 18.5. The molecule has 0 saturated heterocycles. The zero-order chi connectivity index (χ0) is 46.3. The van der Waals surface area contributed by atoms with E-state index in [2.05, 4.69) is 228 Å². The summed E-state index contributed by atoms with van der Waals surface area (Å²) in [6, 6.07) is 84.4. The molecule has 0 radical (unpaired) electrons. The maximum Gasteiger partial charge on any atom is 0.0998 e. The van der Waals surface area contributed by atoms with Crippen molar-refractivity contribution < 1.29 is 0 Å². The van der Waals surface area contributed by atoms with Crippen LogP contribution in [0.3, 0.4) is 0 Å². The van der Waals surface area contributed by atoms with E-state index in [-0.39, 0.29) is 0 Å². The minimum absolute atomic E-state index is 0.709. The minimum atomic E-state index is 0.709. The first-order valence-corrected chi connectivity index (χ1v) is 23.9. The van der Waals surface area contributed by atoms with Gasteiger partial charge in [0.1, 0.15) is 0 Å². The molecule has 1 aromatic heterocycles. The standard InChI is InChI=1S/C67H41N3/c68-39-48-26-27-50-41-70(51-16-2-1-3-17-51)63-35-34-54(58-33-32-55(48)64(50)67(58)63)45-24-22-42(23-25-45)46-28-30-59-61(37-46)65(56-20-8-13-43-11-4-6-18-52(43)56)60-31-29-47(49-15-10-36-69-40-49)38-62(60)66(59)57-21-9-14-44-12-5-7-19-53(44)57/h1-38,40H,41H2. The van der Waals surface area contributed by atoms with Crippen molar-refractivity contribution in [2.75, 3.05) is 4.90 Å². The van der Waals surface area contributed by atoms with Crippen LogP contribution < -0.4 is 4.90 Å². The van der Waals surface area contributed by atoms with E-state index in [4.69, 9.17) is 0 Å². The van der Waals surface area contributed by atoms with E-state index >= 15 is 0 Å². The lowest BCUT2D eigenvalue weighted by molar-refractivity contribution is 0.982. The van der Waals surface area contributed by atoms with Crippen molar-refractivity contribution in [2.45, 2.75) is 6.54 Å². The van der Waals surface area contributed by atoms with Crippen LogP contribution in [-0.4, -0.2) is 4.98 Å². The smallest absolute Gasteiger partial charge is 0.0998 e. The molecule has 0 N–H and O–H groups in total. The number of nitrogens with zero attached hydrogens (tertiary/aromatic N) is 3. The zero-order valence-corrected chi connectivity index (χ0v) is 38.1.